The fourth-order valence-electron chi connectivity index (χ4n) is 4.24. The van der Waals surface area contributed by atoms with Gasteiger partial charge in [-0.15, -0.1) is 0 Å². The van der Waals surface area contributed by atoms with Crippen molar-refractivity contribution in [2.45, 2.75) is 75.5 Å². The average Bonchev–Trinajstić information content (AvgIpc) is 2.68. The summed E-state index contributed by atoms with van der Waals surface area (Å²) in [4.78, 5) is 4.85. The molecule has 2 aromatic rings. The number of rotatable bonds is 10. The van der Waals surface area contributed by atoms with E-state index in [9.17, 15) is 13.0 Å². The van der Waals surface area contributed by atoms with Crippen molar-refractivity contribution in [2.24, 2.45) is 0 Å². The second-order valence-corrected chi connectivity index (χ2v) is 10.6. The van der Waals surface area contributed by atoms with Crippen LogP contribution >= 0.6 is 11.8 Å². The smallest absolute Gasteiger partial charge is 0.264 e. The number of aryl methyl sites for hydroxylation is 3. The van der Waals surface area contributed by atoms with Gasteiger partial charge in [0.2, 0.25) is 0 Å². The highest BCUT2D eigenvalue weighted by atomic mass is 32.2. The van der Waals surface area contributed by atoms with Crippen LogP contribution in [0, 0.1) is 0 Å². The van der Waals surface area contributed by atoms with Crippen LogP contribution in [0.3, 0.4) is 0 Å². The molecule has 0 spiro atoms. The van der Waals surface area contributed by atoms with Crippen molar-refractivity contribution >= 4 is 33.3 Å². The number of hydrogen-bond acceptors (Lipinski definition) is 4. The van der Waals surface area contributed by atoms with Crippen molar-refractivity contribution in [1.82, 2.24) is 0 Å². The summed E-state index contributed by atoms with van der Waals surface area (Å²) in [5.74, 6) is -0.215. The van der Waals surface area contributed by atoms with Crippen molar-refractivity contribution in [3.8, 4) is 0 Å². The Morgan fingerprint density at radius 1 is 0.967 bits per heavy atom. The maximum absolute atomic E-state index is 11.3. The standard InChI is InChI=1S/C24H33NO3S2/c1-4-9-18-16-20(11-6-3)24-21(17-18)25(14-8-15-30(26,27)28)23-19(10-5-2)12-7-13-22(23)29-24/h7,12-13,16-17H,4-6,8-11,14-15H2,1-3H3,(H,26,27,28). The van der Waals surface area contributed by atoms with E-state index < -0.39 is 10.1 Å². The van der Waals surface area contributed by atoms with E-state index in [0.717, 1.165) is 38.5 Å². The largest absolute Gasteiger partial charge is 0.339 e. The van der Waals surface area contributed by atoms with Crippen molar-refractivity contribution in [2.75, 3.05) is 17.2 Å². The Bertz CT molecular complexity index is 986. The van der Waals surface area contributed by atoms with Crippen LogP contribution in [0.15, 0.2) is 40.1 Å². The number of fused-ring (bicyclic) bond motifs is 2. The van der Waals surface area contributed by atoms with E-state index in [2.05, 4.69) is 56.0 Å². The van der Waals surface area contributed by atoms with Gasteiger partial charge in [0, 0.05) is 16.3 Å². The molecular weight excluding hydrogens is 414 g/mol. The predicted octanol–water partition coefficient (Wildman–Crippen LogP) is 6.42. The number of para-hydroxylation sites is 1. The molecule has 1 heterocycles. The van der Waals surface area contributed by atoms with Crippen LogP contribution in [0.25, 0.3) is 0 Å². The van der Waals surface area contributed by atoms with Crippen LogP contribution in [0.4, 0.5) is 11.4 Å². The number of benzene rings is 2. The molecule has 0 atom stereocenters. The third kappa shape index (κ3) is 5.40. The van der Waals surface area contributed by atoms with E-state index >= 15 is 0 Å². The van der Waals surface area contributed by atoms with Gasteiger partial charge in [-0.1, -0.05) is 70.0 Å². The van der Waals surface area contributed by atoms with E-state index in [1.54, 1.807) is 0 Å². The average molecular weight is 448 g/mol. The highest BCUT2D eigenvalue weighted by Crippen LogP contribution is 2.51. The zero-order valence-corrected chi connectivity index (χ0v) is 19.9. The molecule has 2 aromatic carbocycles. The second-order valence-electron chi connectivity index (χ2n) is 8.01. The summed E-state index contributed by atoms with van der Waals surface area (Å²) in [7, 11) is -3.97. The monoisotopic (exact) mass is 447 g/mol. The van der Waals surface area contributed by atoms with Gasteiger partial charge in [0.1, 0.15) is 0 Å². The van der Waals surface area contributed by atoms with Crippen LogP contribution in [-0.4, -0.2) is 25.3 Å². The molecule has 4 nitrogen and oxygen atoms in total. The molecule has 0 saturated carbocycles. The summed E-state index contributed by atoms with van der Waals surface area (Å²) in [6, 6.07) is 11.1. The van der Waals surface area contributed by atoms with Gasteiger partial charge in [-0.3, -0.25) is 4.55 Å². The molecule has 0 radical (unpaired) electrons. The minimum absolute atomic E-state index is 0.215. The zero-order chi connectivity index (χ0) is 21.7. The Labute approximate surface area is 185 Å². The molecule has 0 aliphatic carbocycles. The Morgan fingerprint density at radius 3 is 2.33 bits per heavy atom. The van der Waals surface area contributed by atoms with Crippen LogP contribution in [-0.2, 0) is 29.4 Å². The first-order valence-corrected chi connectivity index (χ1v) is 13.5. The minimum Gasteiger partial charge on any atom is -0.339 e. The molecule has 164 valence electrons. The minimum atomic E-state index is -3.97. The van der Waals surface area contributed by atoms with Crippen molar-refractivity contribution < 1.29 is 13.0 Å². The molecule has 0 bridgehead atoms. The summed E-state index contributed by atoms with van der Waals surface area (Å²) in [6.45, 7) is 7.17. The molecule has 0 fully saturated rings. The number of hydrogen-bond donors (Lipinski definition) is 1. The molecule has 1 aliphatic rings. The fraction of sp³-hybridized carbons (Fsp3) is 0.500. The molecule has 0 saturated heterocycles. The van der Waals surface area contributed by atoms with E-state index in [4.69, 9.17) is 0 Å². The summed E-state index contributed by atoms with van der Waals surface area (Å²) in [6.07, 6.45) is 6.71. The van der Waals surface area contributed by atoms with E-state index in [1.165, 1.54) is 37.9 Å². The van der Waals surface area contributed by atoms with Crippen LogP contribution in [0.2, 0.25) is 0 Å². The first-order chi connectivity index (χ1) is 14.4. The molecule has 30 heavy (non-hydrogen) atoms. The SMILES string of the molecule is CCCc1cc(CCC)c2c(c1)N(CCCS(=O)(=O)O)c1c(CCC)cccc1S2. The normalized spacial score (nSPS) is 13.3. The van der Waals surface area contributed by atoms with Gasteiger partial charge in [0.25, 0.3) is 10.1 Å². The lowest BCUT2D eigenvalue weighted by molar-refractivity contribution is 0.481. The molecule has 0 amide bonds. The summed E-state index contributed by atoms with van der Waals surface area (Å²) >= 11 is 1.85. The van der Waals surface area contributed by atoms with Crippen LogP contribution in [0.1, 0.15) is 63.1 Å². The van der Waals surface area contributed by atoms with Gasteiger partial charge in [-0.25, -0.2) is 0 Å². The second kappa shape index (κ2) is 10.2. The van der Waals surface area contributed by atoms with Gasteiger partial charge in [-0.05, 0) is 54.5 Å². The Morgan fingerprint density at radius 2 is 1.67 bits per heavy atom. The number of anilines is 2. The quantitative estimate of drug-likeness (QED) is 0.426. The lowest BCUT2D eigenvalue weighted by Crippen LogP contribution is -2.26. The predicted molar refractivity (Wildman–Crippen MR) is 127 cm³/mol. The van der Waals surface area contributed by atoms with Gasteiger partial charge in [0.05, 0.1) is 17.1 Å². The molecule has 6 heteroatoms. The Balaban J connectivity index is 2.12. The van der Waals surface area contributed by atoms with Crippen molar-refractivity contribution in [1.29, 1.82) is 0 Å². The maximum atomic E-state index is 11.3. The third-order valence-electron chi connectivity index (χ3n) is 5.42. The van der Waals surface area contributed by atoms with Gasteiger partial charge in [-0.2, -0.15) is 8.42 Å². The first-order valence-electron chi connectivity index (χ1n) is 11.1. The van der Waals surface area contributed by atoms with Crippen molar-refractivity contribution in [3.63, 3.8) is 0 Å². The van der Waals surface area contributed by atoms with Gasteiger partial charge >= 0.3 is 0 Å². The van der Waals surface area contributed by atoms with E-state index in [0.29, 0.717) is 13.0 Å². The van der Waals surface area contributed by atoms with Gasteiger partial charge < -0.3 is 4.90 Å². The lowest BCUT2D eigenvalue weighted by atomic mass is 10.00. The highest BCUT2D eigenvalue weighted by Gasteiger charge is 2.28. The first kappa shape index (κ1) is 23.2. The fourth-order valence-corrected chi connectivity index (χ4v) is 6.00. The van der Waals surface area contributed by atoms with Gasteiger partial charge in [0.15, 0.2) is 0 Å². The van der Waals surface area contributed by atoms with E-state index in [1.807, 2.05) is 11.8 Å². The molecular formula is C24H33NO3S2. The molecule has 3 rings (SSSR count). The third-order valence-corrected chi connectivity index (χ3v) is 7.45. The van der Waals surface area contributed by atoms with Crippen LogP contribution < -0.4 is 4.90 Å². The highest BCUT2D eigenvalue weighted by molar-refractivity contribution is 7.99. The Hall–Kier alpha value is -1.50. The zero-order valence-electron chi connectivity index (χ0n) is 18.3. The lowest BCUT2D eigenvalue weighted by Gasteiger charge is -2.36. The summed E-state index contributed by atoms with van der Waals surface area (Å²) < 4.78 is 31.9. The molecule has 0 aromatic heterocycles. The van der Waals surface area contributed by atoms with Crippen LogP contribution in [0.5, 0.6) is 0 Å². The summed E-state index contributed by atoms with van der Waals surface area (Å²) in [5.41, 5.74) is 6.44. The molecule has 1 N–H and O–H groups in total. The molecule has 1 aliphatic heterocycles. The molecule has 0 unspecified atom stereocenters. The van der Waals surface area contributed by atoms with E-state index in [-0.39, 0.29) is 5.75 Å². The topological polar surface area (TPSA) is 57.6 Å². The maximum Gasteiger partial charge on any atom is 0.264 e. The van der Waals surface area contributed by atoms with Crippen molar-refractivity contribution in [3.05, 3.63) is 47.0 Å². The number of nitrogens with zero attached hydrogens (tertiary/aromatic N) is 1. The summed E-state index contributed by atoms with van der Waals surface area (Å²) in [5, 5.41) is 0. The Kier molecular flexibility index (Phi) is 7.88.